The van der Waals surface area contributed by atoms with E-state index in [1.54, 1.807) is 19.9 Å². The van der Waals surface area contributed by atoms with Gasteiger partial charge in [-0.15, -0.1) is 0 Å². The molecule has 0 heterocycles. The predicted octanol–water partition coefficient (Wildman–Crippen LogP) is -4.91. The minimum absolute atomic E-state index is 0. The monoisotopic (exact) mass is 419 g/mol. The van der Waals surface area contributed by atoms with Crippen LogP contribution in [0.1, 0.15) is 11.1 Å². The minimum atomic E-state index is -4.45. The van der Waals surface area contributed by atoms with E-state index in [2.05, 4.69) is 0 Å². The summed E-state index contributed by atoms with van der Waals surface area (Å²) in [6.07, 6.45) is 0. The largest absolute Gasteiger partial charge is 1.00 e. The Morgan fingerprint density at radius 2 is 1.35 bits per heavy atom. The van der Waals surface area contributed by atoms with Crippen LogP contribution in [0.3, 0.4) is 0 Å². The van der Waals surface area contributed by atoms with Crippen LogP contribution in [0.15, 0.2) is 46.2 Å². The number of benzene rings is 2. The fourth-order valence-electron chi connectivity index (χ4n) is 1.76. The zero-order valence-corrected chi connectivity index (χ0v) is 20.4. The quantitative estimate of drug-likeness (QED) is 0.278. The van der Waals surface area contributed by atoms with Gasteiger partial charge >= 0.3 is 59.1 Å². The van der Waals surface area contributed by atoms with Crippen LogP contribution in [-0.4, -0.2) is 31.0 Å². The van der Waals surface area contributed by atoms with E-state index in [1.165, 1.54) is 6.07 Å². The van der Waals surface area contributed by atoms with Gasteiger partial charge in [-0.3, -0.25) is 0 Å². The predicted molar refractivity (Wildman–Crippen MR) is 84.4 cm³/mol. The number of hydrogen-bond donors (Lipinski definition) is 2. The number of anilines is 1. The van der Waals surface area contributed by atoms with E-state index in [0.717, 1.165) is 24.3 Å². The molecule has 0 aliphatic rings. The van der Waals surface area contributed by atoms with Crippen molar-refractivity contribution in [3.63, 3.8) is 0 Å². The van der Waals surface area contributed by atoms with Crippen molar-refractivity contribution >= 4 is 25.9 Å². The Balaban J connectivity index is 0. The Morgan fingerprint density at radius 3 is 1.73 bits per heavy atom. The molecule has 0 spiro atoms. The summed E-state index contributed by atoms with van der Waals surface area (Å²) in [5.74, 6) is -0.0719. The maximum absolute atomic E-state index is 10.7. The first kappa shape index (κ1) is 28.1. The van der Waals surface area contributed by atoms with Crippen molar-refractivity contribution in [3.8, 4) is 5.75 Å². The van der Waals surface area contributed by atoms with Gasteiger partial charge in [-0.05, 0) is 55.3 Å². The zero-order valence-electron chi connectivity index (χ0n) is 14.8. The molecule has 0 saturated heterocycles. The van der Waals surface area contributed by atoms with Crippen LogP contribution in [0.5, 0.6) is 5.75 Å². The van der Waals surface area contributed by atoms with Crippen LogP contribution in [0.25, 0.3) is 0 Å². The topological polar surface area (TPSA) is 161 Å². The Kier molecular flexibility index (Phi) is 11.9. The second-order valence-corrected chi connectivity index (χ2v) is 7.62. The second kappa shape index (κ2) is 11.0. The number of aromatic hydroxyl groups is 1. The summed E-state index contributed by atoms with van der Waals surface area (Å²) in [5.41, 5.74) is 6.82. The van der Waals surface area contributed by atoms with Gasteiger partial charge in [0.15, 0.2) is 0 Å². The summed E-state index contributed by atoms with van der Waals surface area (Å²) < 4.78 is 63.1. The first-order chi connectivity index (χ1) is 10.8. The number of nitrogens with two attached hydrogens (primary N) is 1. The number of phenols is 1. The van der Waals surface area contributed by atoms with E-state index in [9.17, 15) is 25.9 Å². The van der Waals surface area contributed by atoms with E-state index in [4.69, 9.17) is 10.8 Å². The van der Waals surface area contributed by atoms with Crippen LogP contribution in [-0.2, 0) is 20.2 Å². The maximum atomic E-state index is 10.7. The van der Waals surface area contributed by atoms with Crippen molar-refractivity contribution in [3.05, 3.63) is 47.5 Å². The maximum Gasteiger partial charge on any atom is 1.00 e. The second-order valence-electron chi connectivity index (χ2n) is 4.90. The molecule has 2 aromatic carbocycles. The van der Waals surface area contributed by atoms with Gasteiger partial charge in [-0.25, -0.2) is 16.8 Å². The van der Waals surface area contributed by atoms with Crippen molar-refractivity contribution in [2.75, 3.05) is 5.73 Å². The molecule has 0 fully saturated rings. The van der Waals surface area contributed by atoms with Crippen molar-refractivity contribution in [1.82, 2.24) is 0 Å². The molecule has 26 heavy (non-hydrogen) atoms. The summed E-state index contributed by atoms with van der Waals surface area (Å²) in [7, 11) is -8.83. The Bertz CT molecular complexity index is 944. The van der Waals surface area contributed by atoms with Gasteiger partial charge in [-0.2, -0.15) is 0 Å². The van der Waals surface area contributed by atoms with Crippen molar-refractivity contribution in [2.24, 2.45) is 0 Å². The molecule has 2 rings (SSSR count). The first-order valence-electron chi connectivity index (χ1n) is 6.40. The van der Waals surface area contributed by atoms with Crippen molar-refractivity contribution in [1.29, 1.82) is 0 Å². The molecule has 12 heteroatoms. The third-order valence-electron chi connectivity index (χ3n) is 2.89. The fourth-order valence-corrected chi connectivity index (χ4v) is 2.99. The summed E-state index contributed by atoms with van der Waals surface area (Å²) in [5, 5.41) is 8.73. The Labute approximate surface area is 196 Å². The number of hydrogen-bond acceptors (Lipinski definition) is 8. The van der Waals surface area contributed by atoms with Crippen LogP contribution in [0.2, 0.25) is 0 Å². The molecule has 0 aliphatic heterocycles. The summed E-state index contributed by atoms with van der Waals surface area (Å²) in [6, 6.07) is 7.40. The molecule has 2 aromatic rings. The summed E-state index contributed by atoms with van der Waals surface area (Å²) in [4.78, 5) is -0.666. The molecule has 3 N–H and O–H groups in total. The average Bonchev–Trinajstić information content (AvgIpc) is 2.42. The number of nitrogen functional groups attached to an aromatic ring is 1. The third-order valence-corrected chi connectivity index (χ3v) is 4.61. The summed E-state index contributed by atoms with van der Waals surface area (Å²) >= 11 is 0. The molecule has 0 unspecified atom stereocenters. The molecule has 8 nitrogen and oxygen atoms in total. The zero-order chi connectivity index (χ0) is 18.7. The van der Waals surface area contributed by atoms with E-state index < -0.39 is 20.2 Å². The standard InChI is InChI=1S/C8H11NO3S.C6H6O4S.2Na/c1-5-3-6(2)8(9)7(4-5)13(10,11)12;7-5-1-3-6(4-2-5)11(8,9)10;;/h3-4H,9H2,1-2H3,(H,10,11,12);1-4,7H,(H,8,9,10);;/q;;2*+1/p-2. The SMILES string of the molecule is Cc1cc(C)c(N)c(S(=O)(=O)[O-])c1.O=S(=O)([O-])c1ccc(O)cc1.[Na+].[Na+]. The smallest absolute Gasteiger partial charge is 0.744 e. The average molecular weight is 419 g/mol. The molecule has 0 amide bonds. The molecular weight excluding hydrogens is 404 g/mol. The third kappa shape index (κ3) is 8.70. The van der Waals surface area contributed by atoms with E-state index in [-0.39, 0.29) is 80.3 Å². The Hall–Kier alpha value is -0.140. The molecule has 0 atom stereocenters. The van der Waals surface area contributed by atoms with Gasteiger partial charge in [0, 0.05) is 0 Å². The van der Waals surface area contributed by atoms with Crippen LogP contribution >= 0.6 is 0 Å². The van der Waals surface area contributed by atoms with Gasteiger partial charge in [-0.1, -0.05) is 6.07 Å². The van der Waals surface area contributed by atoms with E-state index in [1.807, 2.05) is 0 Å². The number of rotatable bonds is 2. The van der Waals surface area contributed by atoms with Gasteiger partial charge in [0.1, 0.15) is 26.0 Å². The fraction of sp³-hybridized carbons (Fsp3) is 0.143. The van der Waals surface area contributed by atoms with Gasteiger partial charge in [0.2, 0.25) is 0 Å². The van der Waals surface area contributed by atoms with Crippen molar-refractivity contribution < 1.29 is 90.2 Å². The molecule has 0 aliphatic carbocycles. The van der Waals surface area contributed by atoms with E-state index >= 15 is 0 Å². The van der Waals surface area contributed by atoms with Gasteiger partial charge in [0.25, 0.3) is 0 Å². The van der Waals surface area contributed by atoms with Crippen LogP contribution in [0, 0.1) is 13.8 Å². The van der Waals surface area contributed by atoms with Crippen LogP contribution < -0.4 is 64.8 Å². The molecule has 0 bridgehead atoms. The summed E-state index contributed by atoms with van der Waals surface area (Å²) in [6.45, 7) is 3.37. The molecular formula is C14H15NNa2O7S2. The van der Waals surface area contributed by atoms with Crippen LogP contribution in [0.4, 0.5) is 5.69 Å². The Morgan fingerprint density at radius 1 is 0.885 bits per heavy atom. The van der Waals surface area contributed by atoms with Gasteiger partial charge in [0.05, 0.1) is 15.5 Å². The molecule has 0 saturated carbocycles. The minimum Gasteiger partial charge on any atom is -0.744 e. The number of aryl methyl sites for hydroxylation is 2. The molecule has 0 radical (unpaired) electrons. The normalized spacial score (nSPS) is 10.6. The number of phenolic OH excluding ortho intramolecular Hbond substituents is 1. The molecule has 132 valence electrons. The first-order valence-corrected chi connectivity index (χ1v) is 9.21. The van der Waals surface area contributed by atoms with E-state index in [0.29, 0.717) is 11.1 Å². The van der Waals surface area contributed by atoms with Crippen molar-refractivity contribution in [2.45, 2.75) is 23.6 Å². The van der Waals surface area contributed by atoms with Gasteiger partial charge < -0.3 is 19.9 Å². The molecule has 0 aromatic heterocycles.